The number of carbonyl (C=O) groups excluding carboxylic acids is 2. The molecule has 2 heterocycles. The van der Waals surface area contributed by atoms with Gasteiger partial charge in [0.15, 0.2) is 23.0 Å². The zero-order chi connectivity index (χ0) is 17.1. The fourth-order valence-corrected chi connectivity index (χ4v) is 3.44. The summed E-state index contributed by atoms with van der Waals surface area (Å²) in [7, 11) is 0. The van der Waals surface area contributed by atoms with Crippen molar-refractivity contribution in [1.29, 1.82) is 0 Å². The van der Waals surface area contributed by atoms with Gasteiger partial charge in [0.2, 0.25) is 0 Å². The average molecular weight is 349 g/mol. The third-order valence-electron chi connectivity index (χ3n) is 3.84. The molecule has 24 heavy (non-hydrogen) atoms. The van der Waals surface area contributed by atoms with Crippen molar-refractivity contribution >= 4 is 33.7 Å². The number of anilines is 2. The molecule has 0 aliphatic carbocycles. The number of aromatic nitrogens is 1. The Hall–Kier alpha value is -2.48. The second kappa shape index (κ2) is 6.96. The number of nitrogens with zero attached hydrogens (tertiary/aromatic N) is 2. The molecule has 126 valence electrons. The molecule has 1 saturated heterocycles. The summed E-state index contributed by atoms with van der Waals surface area (Å²) in [5, 5.41) is 13.4. The maximum atomic E-state index is 13.6. The second-order valence-electron chi connectivity index (χ2n) is 5.52. The van der Waals surface area contributed by atoms with E-state index >= 15 is 0 Å². The number of hydrogen-bond acceptors (Lipinski definition) is 6. The molecule has 2 aromatic rings. The Bertz CT molecular complexity index is 772. The lowest BCUT2D eigenvalue weighted by Crippen LogP contribution is -2.29. The van der Waals surface area contributed by atoms with Crippen molar-refractivity contribution in [2.24, 2.45) is 0 Å². The molecular formula is C16H16FN3O3S. The van der Waals surface area contributed by atoms with E-state index in [2.05, 4.69) is 15.2 Å². The van der Waals surface area contributed by atoms with E-state index in [1.165, 1.54) is 17.8 Å². The number of halogens is 1. The minimum atomic E-state index is -1.01. The van der Waals surface area contributed by atoms with Crippen molar-refractivity contribution in [3.8, 4) is 5.75 Å². The van der Waals surface area contributed by atoms with Crippen LogP contribution in [0.3, 0.4) is 0 Å². The van der Waals surface area contributed by atoms with Crippen LogP contribution in [0.1, 0.15) is 40.0 Å². The number of thiazole rings is 1. The van der Waals surface area contributed by atoms with E-state index in [9.17, 15) is 19.1 Å². The van der Waals surface area contributed by atoms with Gasteiger partial charge in [0.25, 0.3) is 5.91 Å². The van der Waals surface area contributed by atoms with E-state index < -0.39 is 17.5 Å². The lowest BCUT2D eigenvalue weighted by molar-refractivity contribution is 0.102. The normalized spacial score (nSPS) is 14.5. The van der Waals surface area contributed by atoms with E-state index in [1.54, 1.807) is 6.20 Å². The predicted molar refractivity (Wildman–Crippen MR) is 89.6 cm³/mol. The number of benzene rings is 1. The van der Waals surface area contributed by atoms with Gasteiger partial charge in [-0.15, -0.1) is 0 Å². The highest BCUT2D eigenvalue weighted by Crippen LogP contribution is 2.29. The van der Waals surface area contributed by atoms with Gasteiger partial charge in [0.05, 0.1) is 11.8 Å². The van der Waals surface area contributed by atoms with E-state index in [1.807, 2.05) is 0 Å². The number of amides is 1. The molecule has 2 N–H and O–H groups in total. The molecular weight excluding hydrogens is 333 g/mol. The summed E-state index contributed by atoms with van der Waals surface area (Å²) >= 11 is 1.35. The Labute approximate surface area is 141 Å². The monoisotopic (exact) mass is 349 g/mol. The summed E-state index contributed by atoms with van der Waals surface area (Å²) in [6.45, 7) is 1.90. The third-order valence-corrected chi connectivity index (χ3v) is 4.81. The van der Waals surface area contributed by atoms with Crippen LogP contribution in [-0.4, -0.2) is 35.4 Å². The number of carbonyl (C=O) groups is 2. The van der Waals surface area contributed by atoms with E-state index in [4.69, 9.17) is 0 Å². The van der Waals surface area contributed by atoms with Crippen LogP contribution in [0.4, 0.5) is 14.5 Å². The Morgan fingerprint density at radius 1 is 1.33 bits per heavy atom. The number of phenolic OH excluding ortho intramolecular Hbond substituents is 1. The summed E-state index contributed by atoms with van der Waals surface area (Å²) in [6, 6.07) is 2.04. The SMILES string of the molecule is O=Cc1cc(C(=O)Nc2cnc(N3CCCCC3)s2)cc(F)c1O. The second-order valence-corrected chi connectivity index (χ2v) is 6.53. The largest absolute Gasteiger partial charge is 0.504 e. The van der Waals surface area contributed by atoms with Crippen LogP contribution >= 0.6 is 11.3 Å². The molecule has 1 aliphatic heterocycles. The van der Waals surface area contributed by atoms with Crippen LogP contribution in [0.25, 0.3) is 0 Å². The third kappa shape index (κ3) is 3.38. The summed E-state index contributed by atoms with van der Waals surface area (Å²) in [5.41, 5.74) is -0.307. The van der Waals surface area contributed by atoms with Crippen molar-refractivity contribution in [3.63, 3.8) is 0 Å². The van der Waals surface area contributed by atoms with Crippen molar-refractivity contribution < 1.29 is 19.1 Å². The Morgan fingerprint density at radius 2 is 2.08 bits per heavy atom. The standard InChI is InChI=1S/C16H16FN3O3S/c17-12-7-10(6-11(9-21)14(12)22)15(23)19-13-8-18-16(24-13)20-4-2-1-3-5-20/h6-9,22H,1-5H2,(H,19,23). The van der Waals surface area contributed by atoms with Crippen LogP contribution in [0.2, 0.25) is 0 Å². The van der Waals surface area contributed by atoms with Gasteiger partial charge in [-0.25, -0.2) is 9.37 Å². The number of aromatic hydroxyl groups is 1. The van der Waals surface area contributed by atoms with Crippen LogP contribution in [0.5, 0.6) is 5.75 Å². The molecule has 1 amide bonds. The molecule has 0 bridgehead atoms. The minimum Gasteiger partial charge on any atom is -0.504 e. The van der Waals surface area contributed by atoms with Gasteiger partial charge in [-0.2, -0.15) is 0 Å². The van der Waals surface area contributed by atoms with Gasteiger partial charge in [0.1, 0.15) is 5.00 Å². The lowest BCUT2D eigenvalue weighted by atomic mass is 10.1. The molecule has 3 rings (SSSR count). The number of aldehydes is 1. The maximum Gasteiger partial charge on any atom is 0.256 e. The molecule has 0 atom stereocenters. The highest BCUT2D eigenvalue weighted by molar-refractivity contribution is 7.19. The van der Waals surface area contributed by atoms with Crippen LogP contribution < -0.4 is 10.2 Å². The zero-order valence-electron chi connectivity index (χ0n) is 12.8. The van der Waals surface area contributed by atoms with Gasteiger partial charge in [-0.1, -0.05) is 11.3 Å². The van der Waals surface area contributed by atoms with Crippen LogP contribution in [-0.2, 0) is 0 Å². The van der Waals surface area contributed by atoms with Gasteiger partial charge >= 0.3 is 0 Å². The van der Waals surface area contributed by atoms with E-state index in [-0.39, 0.29) is 11.1 Å². The number of hydrogen-bond donors (Lipinski definition) is 2. The van der Waals surface area contributed by atoms with Crippen LogP contribution in [0.15, 0.2) is 18.3 Å². The Balaban J connectivity index is 1.74. The Morgan fingerprint density at radius 3 is 2.79 bits per heavy atom. The van der Waals surface area contributed by atoms with Gasteiger partial charge in [-0.05, 0) is 31.4 Å². The first kappa shape index (κ1) is 16.4. The maximum absolute atomic E-state index is 13.6. The summed E-state index contributed by atoms with van der Waals surface area (Å²) in [5.74, 6) is -2.33. The van der Waals surface area contributed by atoms with Gasteiger partial charge in [-0.3, -0.25) is 9.59 Å². The summed E-state index contributed by atoms with van der Waals surface area (Å²) in [4.78, 5) is 29.5. The predicted octanol–water partition coefficient (Wildman–Crippen LogP) is 3.04. The van der Waals surface area contributed by atoms with Crippen molar-refractivity contribution in [1.82, 2.24) is 4.98 Å². The van der Waals surface area contributed by atoms with Crippen molar-refractivity contribution in [2.75, 3.05) is 23.3 Å². The van der Waals surface area contributed by atoms with Crippen molar-refractivity contribution in [3.05, 3.63) is 35.3 Å². The van der Waals surface area contributed by atoms with Crippen LogP contribution in [0, 0.1) is 5.82 Å². The van der Waals surface area contributed by atoms with E-state index in [0.29, 0.717) is 11.3 Å². The van der Waals surface area contributed by atoms with E-state index in [0.717, 1.165) is 43.2 Å². The first-order chi connectivity index (χ1) is 11.6. The molecule has 0 spiro atoms. The summed E-state index contributed by atoms with van der Waals surface area (Å²) in [6.07, 6.45) is 5.34. The average Bonchev–Trinajstić information content (AvgIpc) is 3.06. The fraction of sp³-hybridized carbons (Fsp3) is 0.312. The molecule has 1 aromatic carbocycles. The molecule has 8 heteroatoms. The number of nitrogens with one attached hydrogen (secondary N) is 1. The smallest absolute Gasteiger partial charge is 0.256 e. The first-order valence-electron chi connectivity index (χ1n) is 7.58. The highest BCUT2D eigenvalue weighted by Gasteiger charge is 2.17. The molecule has 0 unspecified atom stereocenters. The summed E-state index contributed by atoms with van der Waals surface area (Å²) < 4.78 is 13.6. The topological polar surface area (TPSA) is 82.5 Å². The zero-order valence-corrected chi connectivity index (χ0v) is 13.6. The number of rotatable bonds is 4. The fourth-order valence-electron chi connectivity index (χ4n) is 2.58. The molecule has 1 fully saturated rings. The van der Waals surface area contributed by atoms with Crippen molar-refractivity contribution in [2.45, 2.75) is 19.3 Å². The number of phenols is 1. The van der Waals surface area contributed by atoms with Gasteiger partial charge < -0.3 is 15.3 Å². The Kier molecular flexibility index (Phi) is 4.75. The molecule has 0 saturated carbocycles. The molecule has 1 aromatic heterocycles. The lowest BCUT2D eigenvalue weighted by Gasteiger charge is -2.25. The minimum absolute atomic E-state index is 0.0414. The molecule has 1 aliphatic rings. The molecule has 6 nitrogen and oxygen atoms in total. The molecule has 0 radical (unpaired) electrons. The quantitative estimate of drug-likeness (QED) is 0.829. The number of piperidine rings is 1. The van der Waals surface area contributed by atoms with Gasteiger partial charge in [0, 0.05) is 18.7 Å². The highest BCUT2D eigenvalue weighted by atomic mass is 32.1. The first-order valence-corrected chi connectivity index (χ1v) is 8.40.